The number of rotatable bonds is 5. The molecule has 4 nitrogen and oxygen atoms in total. The van der Waals surface area contributed by atoms with Crippen LogP contribution in [0.2, 0.25) is 0 Å². The first kappa shape index (κ1) is 16.5. The Morgan fingerprint density at radius 1 is 1.35 bits per heavy atom. The summed E-state index contributed by atoms with van der Waals surface area (Å²) in [5.41, 5.74) is 1.38. The monoisotopic (exact) mass is 335 g/mol. The van der Waals surface area contributed by atoms with E-state index in [-0.39, 0.29) is 17.2 Å². The van der Waals surface area contributed by atoms with Crippen LogP contribution in [-0.2, 0) is 16.0 Å². The topological polar surface area (TPSA) is 57.6 Å². The van der Waals surface area contributed by atoms with Crippen molar-refractivity contribution in [2.45, 2.75) is 52.4 Å². The maximum atomic E-state index is 12.3. The fraction of sp³-hybridized carbons (Fsp3) is 0.667. The number of hydrogen-bond acceptors (Lipinski definition) is 3. The van der Waals surface area contributed by atoms with Gasteiger partial charge in [-0.05, 0) is 63.0 Å². The van der Waals surface area contributed by atoms with Crippen LogP contribution < -0.4 is 0 Å². The molecule has 2 heterocycles. The molecule has 2 fully saturated rings. The van der Waals surface area contributed by atoms with Gasteiger partial charge in [0.1, 0.15) is 0 Å². The van der Waals surface area contributed by atoms with Crippen molar-refractivity contribution in [3.8, 4) is 0 Å². The number of carboxylic acids is 1. The molecule has 3 rings (SSSR count). The standard InChI is InChI=1S/C18H25NO3S/c1-12-10-14(13(2)23-12)4-3-5-16(20)19-8-6-18(7-9-19)11-15(18)17(21)22/h10,15H,3-9,11H2,1-2H3,(H,21,22). The minimum Gasteiger partial charge on any atom is -0.481 e. The van der Waals surface area contributed by atoms with Crippen LogP contribution in [0.5, 0.6) is 0 Å². The second-order valence-electron chi connectivity index (χ2n) is 7.13. The van der Waals surface area contributed by atoms with Crippen LogP contribution in [-0.4, -0.2) is 35.0 Å². The highest BCUT2D eigenvalue weighted by atomic mass is 32.1. The molecule has 1 saturated heterocycles. The highest BCUT2D eigenvalue weighted by molar-refractivity contribution is 7.12. The van der Waals surface area contributed by atoms with Crippen LogP contribution in [0.15, 0.2) is 6.07 Å². The molecule has 0 aromatic carbocycles. The molecule has 1 amide bonds. The predicted molar refractivity (Wildman–Crippen MR) is 90.7 cm³/mol. The third-order valence-electron chi connectivity index (χ3n) is 5.58. The predicted octanol–water partition coefficient (Wildman–Crippen LogP) is 3.40. The van der Waals surface area contributed by atoms with Gasteiger partial charge < -0.3 is 10.0 Å². The minimum atomic E-state index is -0.661. The molecule has 1 saturated carbocycles. The summed E-state index contributed by atoms with van der Waals surface area (Å²) < 4.78 is 0. The van der Waals surface area contributed by atoms with Gasteiger partial charge in [-0.3, -0.25) is 9.59 Å². The van der Waals surface area contributed by atoms with Crippen molar-refractivity contribution in [3.63, 3.8) is 0 Å². The molecule has 0 radical (unpaired) electrons. The number of thiophene rings is 1. The van der Waals surface area contributed by atoms with Gasteiger partial charge in [0, 0.05) is 29.3 Å². The Kier molecular flexibility index (Phi) is 4.50. The van der Waals surface area contributed by atoms with Crippen LogP contribution in [0.1, 0.15) is 47.4 Å². The second kappa shape index (κ2) is 6.27. The molecule has 1 aromatic heterocycles. The van der Waals surface area contributed by atoms with Gasteiger partial charge in [-0.2, -0.15) is 0 Å². The number of aryl methyl sites for hydroxylation is 3. The molecule has 1 spiro atoms. The highest BCUT2D eigenvalue weighted by Gasteiger charge is 2.59. The first-order valence-electron chi connectivity index (χ1n) is 8.48. The third-order valence-corrected chi connectivity index (χ3v) is 6.59. The lowest BCUT2D eigenvalue weighted by Gasteiger charge is -2.32. The van der Waals surface area contributed by atoms with E-state index in [1.807, 2.05) is 16.2 Å². The summed E-state index contributed by atoms with van der Waals surface area (Å²) in [6, 6.07) is 2.23. The van der Waals surface area contributed by atoms with Gasteiger partial charge in [-0.25, -0.2) is 0 Å². The quantitative estimate of drug-likeness (QED) is 0.897. The smallest absolute Gasteiger partial charge is 0.307 e. The molecular formula is C18H25NO3S. The van der Waals surface area contributed by atoms with Gasteiger partial charge in [0.2, 0.25) is 5.91 Å². The summed E-state index contributed by atoms with van der Waals surface area (Å²) in [6.07, 6.45) is 5.00. The summed E-state index contributed by atoms with van der Waals surface area (Å²) in [4.78, 5) is 28.1. The molecular weight excluding hydrogens is 310 g/mol. The Labute approximate surface area is 141 Å². The molecule has 2 aliphatic rings. The summed E-state index contributed by atoms with van der Waals surface area (Å²) in [7, 11) is 0. The van der Waals surface area contributed by atoms with Crippen molar-refractivity contribution in [1.29, 1.82) is 0 Å². The van der Waals surface area contributed by atoms with Crippen molar-refractivity contribution in [1.82, 2.24) is 4.90 Å². The average molecular weight is 335 g/mol. The van der Waals surface area contributed by atoms with Crippen molar-refractivity contribution in [3.05, 3.63) is 21.4 Å². The molecule has 1 N–H and O–H groups in total. The van der Waals surface area contributed by atoms with E-state index in [1.165, 1.54) is 15.3 Å². The Hall–Kier alpha value is -1.36. The third kappa shape index (κ3) is 3.44. The lowest BCUT2D eigenvalue weighted by atomic mass is 9.90. The van der Waals surface area contributed by atoms with E-state index in [1.54, 1.807) is 0 Å². The van der Waals surface area contributed by atoms with Crippen LogP contribution in [0.4, 0.5) is 0 Å². The zero-order chi connectivity index (χ0) is 16.6. The van der Waals surface area contributed by atoms with E-state index < -0.39 is 5.97 Å². The molecule has 23 heavy (non-hydrogen) atoms. The molecule has 1 aliphatic carbocycles. The van der Waals surface area contributed by atoms with Crippen molar-refractivity contribution in [2.24, 2.45) is 11.3 Å². The fourth-order valence-corrected chi connectivity index (χ4v) is 4.95. The summed E-state index contributed by atoms with van der Waals surface area (Å²) in [5.74, 6) is -0.590. The maximum absolute atomic E-state index is 12.3. The number of carbonyl (C=O) groups excluding carboxylic acids is 1. The first-order chi connectivity index (χ1) is 10.9. The number of piperidine rings is 1. The number of nitrogens with zero attached hydrogens (tertiary/aromatic N) is 1. The number of likely N-dealkylation sites (tertiary alicyclic amines) is 1. The lowest BCUT2D eigenvalue weighted by molar-refractivity contribution is -0.139. The summed E-state index contributed by atoms with van der Waals surface area (Å²) >= 11 is 1.82. The van der Waals surface area contributed by atoms with E-state index in [4.69, 9.17) is 5.11 Å². The fourth-order valence-electron chi connectivity index (χ4n) is 3.97. The Morgan fingerprint density at radius 2 is 2.04 bits per heavy atom. The summed E-state index contributed by atoms with van der Waals surface area (Å²) in [5, 5.41) is 9.11. The van der Waals surface area contributed by atoms with Crippen molar-refractivity contribution >= 4 is 23.2 Å². The maximum Gasteiger partial charge on any atom is 0.307 e. The van der Waals surface area contributed by atoms with Gasteiger partial charge in [0.25, 0.3) is 0 Å². The zero-order valence-corrected chi connectivity index (χ0v) is 14.7. The van der Waals surface area contributed by atoms with Crippen LogP contribution in [0.25, 0.3) is 0 Å². The molecule has 5 heteroatoms. The van der Waals surface area contributed by atoms with Crippen LogP contribution in [0, 0.1) is 25.2 Å². The summed E-state index contributed by atoms with van der Waals surface area (Å²) in [6.45, 7) is 5.74. The molecule has 126 valence electrons. The van der Waals surface area contributed by atoms with Gasteiger partial charge in [0.05, 0.1) is 5.92 Å². The van der Waals surface area contributed by atoms with Gasteiger partial charge in [-0.1, -0.05) is 0 Å². The van der Waals surface area contributed by atoms with Gasteiger partial charge in [0.15, 0.2) is 0 Å². The van der Waals surface area contributed by atoms with Gasteiger partial charge in [-0.15, -0.1) is 11.3 Å². The average Bonchev–Trinajstić information content (AvgIpc) is 3.10. The highest BCUT2D eigenvalue weighted by Crippen LogP contribution is 2.59. The van der Waals surface area contributed by atoms with E-state index in [0.717, 1.165) is 45.2 Å². The van der Waals surface area contributed by atoms with Crippen LogP contribution in [0.3, 0.4) is 0 Å². The first-order valence-corrected chi connectivity index (χ1v) is 9.29. The van der Waals surface area contributed by atoms with Crippen LogP contribution >= 0.6 is 11.3 Å². The number of hydrogen-bond donors (Lipinski definition) is 1. The molecule has 1 aliphatic heterocycles. The Morgan fingerprint density at radius 3 is 2.57 bits per heavy atom. The molecule has 1 atom stereocenters. The number of amides is 1. The van der Waals surface area contributed by atoms with E-state index in [0.29, 0.717) is 6.42 Å². The number of carboxylic acid groups (broad SMARTS) is 1. The van der Waals surface area contributed by atoms with E-state index in [2.05, 4.69) is 19.9 Å². The molecule has 0 bridgehead atoms. The molecule has 1 unspecified atom stereocenters. The van der Waals surface area contributed by atoms with Crippen molar-refractivity contribution in [2.75, 3.05) is 13.1 Å². The SMILES string of the molecule is Cc1cc(CCCC(=O)N2CCC3(CC2)CC3C(=O)O)c(C)s1. The van der Waals surface area contributed by atoms with E-state index >= 15 is 0 Å². The minimum absolute atomic E-state index is 0.00787. The molecule has 1 aromatic rings. The largest absolute Gasteiger partial charge is 0.481 e. The Balaban J connectivity index is 1.42. The number of aliphatic carboxylic acids is 1. The van der Waals surface area contributed by atoms with E-state index in [9.17, 15) is 9.59 Å². The normalized spacial score (nSPS) is 22.3. The zero-order valence-electron chi connectivity index (χ0n) is 13.9. The second-order valence-corrected chi connectivity index (χ2v) is 8.59. The number of carbonyl (C=O) groups is 2. The lowest BCUT2D eigenvalue weighted by Crippen LogP contribution is -2.39. The van der Waals surface area contributed by atoms with Gasteiger partial charge >= 0.3 is 5.97 Å². The Bertz CT molecular complexity index is 614. The van der Waals surface area contributed by atoms with Crippen molar-refractivity contribution < 1.29 is 14.7 Å².